The number of hydrogen-bond donors (Lipinski definition) is 3. The predicted octanol–water partition coefficient (Wildman–Crippen LogP) is 9.23. The molecule has 0 aliphatic carbocycles. The number of ether oxygens (including phenoxy) is 3. The minimum absolute atomic E-state index is 0.0738. The number of halogens is 1. The largest absolute Gasteiger partial charge is 0.493 e. The fourth-order valence-electron chi connectivity index (χ4n) is 9.73. The quantitative estimate of drug-likeness (QED) is 0.0606. The Morgan fingerprint density at radius 1 is 0.942 bits per heavy atom. The number of aryl methyl sites for hydroxylation is 2. The molecule has 1 fully saturated rings. The second-order valence-corrected chi connectivity index (χ2v) is 19.9. The summed E-state index contributed by atoms with van der Waals surface area (Å²) in [5.41, 5.74) is 11.6. The second-order valence-electron chi connectivity index (χ2n) is 19.6. The van der Waals surface area contributed by atoms with Gasteiger partial charge in [-0.1, -0.05) is 55.5 Å². The minimum Gasteiger partial charge on any atom is -0.493 e. The molecular weight excluding hydrogens is 898 g/mol. The lowest BCUT2D eigenvalue weighted by Crippen LogP contribution is -2.50. The van der Waals surface area contributed by atoms with Gasteiger partial charge in [0.2, 0.25) is 5.91 Å². The number of alkyl carbamates (subject to hydrolysis) is 1. The Morgan fingerprint density at radius 2 is 1.68 bits per heavy atom. The van der Waals surface area contributed by atoms with E-state index in [1.807, 2.05) is 17.9 Å². The molecule has 15 heteroatoms. The van der Waals surface area contributed by atoms with Crippen LogP contribution in [0.1, 0.15) is 130 Å². The molecule has 370 valence electrons. The molecular formula is C54H68ClN5O9. The lowest BCUT2D eigenvalue weighted by Gasteiger charge is -2.31. The summed E-state index contributed by atoms with van der Waals surface area (Å²) in [5.74, 6) is 0.707. The molecule has 3 aliphatic rings. The van der Waals surface area contributed by atoms with Crippen LogP contribution < -0.4 is 25.6 Å². The van der Waals surface area contributed by atoms with E-state index in [0.717, 1.165) is 29.7 Å². The summed E-state index contributed by atoms with van der Waals surface area (Å²) in [4.78, 5) is 71.1. The van der Waals surface area contributed by atoms with E-state index >= 15 is 0 Å². The van der Waals surface area contributed by atoms with Gasteiger partial charge in [0, 0.05) is 56.0 Å². The molecule has 4 aromatic rings. The number of carbonyl (C=O) groups is 5. The number of amides is 4. The van der Waals surface area contributed by atoms with E-state index in [-0.39, 0.29) is 47.8 Å². The van der Waals surface area contributed by atoms with Crippen molar-refractivity contribution in [2.24, 2.45) is 5.73 Å². The summed E-state index contributed by atoms with van der Waals surface area (Å²) < 4.78 is 17.3. The number of fused-ring (bicyclic) bond motifs is 5. The number of carbonyl (C=O) groups excluding carboxylic acids is 5. The summed E-state index contributed by atoms with van der Waals surface area (Å²) >= 11 is 6.47. The molecule has 4 aromatic carbocycles. The van der Waals surface area contributed by atoms with Gasteiger partial charge in [-0.05, 0) is 136 Å². The molecule has 14 nitrogen and oxygen atoms in total. The van der Waals surface area contributed by atoms with E-state index in [1.54, 1.807) is 62.1 Å². The fourth-order valence-corrected chi connectivity index (χ4v) is 9.99. The number of rotatable bonds is 19. The van der Waals surface area contributed by atoms with Crippen LogP contribution in [0.5, 0.6) is 5.75 Å². The normalized spacial score (nSPS) is 18.1. The monoisotopic (exact) mass is 965 g/mol. The number of nitrogens with zero attached hydrogens (tertiary/aromatic N) is 3. The van der Waals surface area contributed by atoms with Crippen LogP contribution >= 0.6 is 11.6 Å². The molecule has 0 spiro atoms. The third kappa shape index (κ3) is 12.2. The minimum atomic E-state index is -1.35. The number of benzene rings is 4. The highest BCUT2D eigenvalue weighted by Crippen LogP contribution is 2.44. The Morgan fingerprint density at radius 3 is 2.41 bits per heavy atom. The van der Waals surface area contributed by atoms with Gasteiger partial charge in [0.05, 0.1) is 29.9 Å². The maximum Gasteiger partial charge on any atom is 0.416 e. The van der Waals surface area contributed by atoms with Gasteiger partial charge in [0.25, 0.3) is 5.91 Å². The number of aliphatic hydroxyl groups is 1. The first kappa shape index (κ1) is 51.2. The number of anilines is 2. The lowest BCUT2D eigenvalue weighted by molar-refractivity contribution is -0.120. The first-order valence-electron chi connectivity index (χ1n) is 24.5. The SMILES string of the molecule is CCc1cc2c(c3ccccc13)[C@H](CCl)CN2C(=O)CCCCCOc1cc2c(cc1C)C(=O)N1CCC[C@H]1C(O)N2C(=O)OCc1ccc(CC(=O)[C@@H](N)CCCCNC(=O)OC(C)(C)C)cc1. The van der Waals surface area contributed by atoms with Crippen molar-refractivity contribution in [3.63, 3.8) is 0 Å². The van der Waals surface area contributed by atoms with Crippen LogP contribution in [0.15, 0.2) is 66.7 Å². The number of nitrogens with two attached hydrogens (primary N) is 1. The second kappa shape index (κ2) is 22.8. The maximum atomic E-state index is 14.0. The fraction of sp³-hybridized carbons (Fsp3) is 0.500. The number of unbranched alkanes of at least 4 members (excludes halogenated alkanes) is 3. The van der Waals surface area contributed by atoms with Crippen LogP contribution in [-0.4, -0.2) is 95.8 Å². The molecule has 3 heterocycles. The Hall–Kier alpha value is -5.70. The van der Waals surface area contributed by atoms with Crippen molar-refractivity contribution in [3.05, 3.63) is 100 Å². The Kier molecular flexibility index (Phi) is 16.9. The van der Waals surface area contributed by atoms with Crippen molar-refractivity contribution in [1.29, 1.82) is 0 Å². The van der Waals surface area contributed by atoms with E-state index in [9.17, 15) is 29.1 Å². The summed E-state index contributed by atoms with van der Waals surface area (Å²) in [6, 6.07) is 19.8. The van der Waals surface area contributed by atoms with Crippen LogP contribution in [-0.2, 0) is 38.5 Å². The van der Waals surface area contributed by atoms with Gasteiger partial charge in [0.1, 0.15) is 18.0 Å². The molecule has 7 rings (SSSR count). The van der Waals surface area contributed by atoms with Gasteiger partial charge in [-0.3, -0.25) is 14.4 Å². The number of hydrogen-bond acceptors (Lipinski definition) is 10. The van der Waals surface area contributed by atoms with Gasteiger partial charge < -0.3 is 40.2 Å². The summed E-state index contributed by atoms with van der Waals surface area (Å²) in [7, 11) is 0. The highest BCUT2D eigenvalue weighted by atomic mass is 35.5. The van der Waals surface area contributed by atoms with Crippen molar-refractivity contribution >= 4 is 63.5 Å². The molecule has 4 amide bonds. The highest BCUT2D eigenvalue weighted by molar-refractivity contribution is 6.19. The molecule has 0 aromatic heterocycles. The molecule has 3 aliphatic heterocycles. The first-order valence-corrected chi connectivity index (χ1v) is 25.1. The summed E-state index contributed by atoms with van der Waals surface area (Å²) in [6.07, 6.45) is 3.91. The number of aliphatic hydroxyl groups excluding tert-OH is 1. The van der Waals surface area contributed by atoms with Gasteiger partial charge in [0.15, 0.2) is 12.0 Å². The molecule has 4 atom stereocenters. The van der Waals surface area contributed by atoms with E-state index in [2.05, 4.69) is 36.5 Å². The molecule has 0 bridgehead atoms. The van der Waals surface area contributed by atoms with E-state index in [1.165, 1.54) is 21.2 Å². The first-order chi connectivity index (χ1) is 33.1. The zero-order chi connectivity index (χ0) is 49.4. The van der Waals surface area contributed by atoms with E-state index in [0.29, 0.717) is 100 Å². The molecule has 0 saturated carbocycles. The van der Waals surface area contributed by atoms with Crippen molar-refractivity contribution < 1.29 is 43.3 Å². The van der Waals surface area contributed by atoms with Gasteiger partial charge >= 0.3 is 12.2 Å². The van der Waals surface area contributed by atoms with Crippen LogP contribution in [0.4, 0.5) is 21.0 Å². The van der Waals surface area contributed by atoms with E-state index in [4.69, 9.17) is 31.5 Å². The van der Waals surface area contributed by atoms with Crippen molar-refractivity contribution in [2.75, 3.05) is 41.9 Å². The van der Waals surface area contributed by atoms with Gasteiger partial charge in [-0.2, -0.15) is 0 Å². The zero-order valence-electron chi connectivity index (χ0n) is 40.7. The summed E-state index contributed by atoms with van der Waals surface area (Å²) in [5, 5.41) is 16.9. The van der Waals surface area contributed by atoms with E-state index < -0.39 is 36.1 Å². The topological polar surface area (TPSA) is 181 Å². The predicted molar refractivity (Wildman–Crippen MR) is 268 cm³/mol. The number of Topliss-reactive ketones (excluding diaryl/α,β-unsaturated/α-hetero) is 1. The van der Waals surface area contributed by atoms with Gasteiger partial charge in [-0.15, -0.1) is 11.6 Å². The molecule has 1 unspecified atom stereocenters. The number of nitrogens with one attached hydrogen (secondary N) is 1. The average Bonchev–Trinajstić information content (AvgIpc) is 3.96. The van der Waals surface area contributed by atoms with Crippen molar-refractivity contribution in [2.45, 2.75) is 142 Å². The number of alkyl halides is 1. The molecule has 69 heavy (non-hydrogen) atoms. The third-order valence-corrected chi connectivity index (χ3v) is 13.7. The van der Waals surface area contributed by atoms with Crippen molar-refractivity contribution in [1.82, 2.24) is 10.2 Å². The highest BCUT2D eigenvalue weighted by Gasteiger charge is 2.45. The third-order valence-electron chi connectivity index (χ3n) is 13.3. The number of ketones is 1. The van der Waals surface area contributed by atoms with Gasteiger partial charge in [-0.25, -0.2) is 14.5 Å². The maximum absolute atomic E-state index is 14.0. The summed E-state index contributed by atoms with van der Waals surface area (Å²) in [6.45, 7) is 11.1. The standard InChI is InChI=1S/C54H68ClN5O9/c1-6-37-29-45-49(40-16-10-9-15-39(37)40)38(31-55)32-59(45)48(62)19-8-7-13-26-67-47-30-44-41(27-34(47)2)50(63)58-25-14-18-43(58)51(64)60(44)53(66)68-33-36-22-20-35(21-23-36)28-46(61)42(56)17-11-12-24-57-52(65)69-54(3,4)5/h9-10,15-16,20-23,27,29-30,38,42-43,51,64H,6-8,11-14,17-19,24-26,28,31-33,56H2,1-5H3,(H,57,65)/t38-,42+,43+,51?/m1/s1. The van der Waals surface area contributed by atoms with Crippen molar-refractivity contribution in [3.8, 4) is 5.75 Å². The molecule has 1 saturated heterocycles. The van der Waals surface area contributed by atoms with Crippen LogP contribution in [0.25, 0.3) is 10.8 Å². The van der Waals surface area contributed by atoms with Crippen LogP contribution in [0, 0.1) is 6.92 Å². The lowest BCUT2D eigenvalue weighted by atomic mass is 9.92. The van der Waals surface area contributed by atoms with Crippen LogP contribution in [0.3, 0.4) is 0 Å². The zero-order valence-corrected chi connectivity index (χ0v) is 41.4. The molecule has 4 N–H and O–H groups in total. The Balaban J connectivity index is 0.920. The Labute approximate surface area is 410 Å². The Bertz CT molecular complexity index is 2510. The molecule has 0 radical (unpaired) electrons. The van der Waals surface area contributed by atoms with Crippen LogP contribution in [0.2, 0.25) is 0 Å². The smallest absolute Gasteiger partial charge is 0.416 e. The average molecular weight is 967 g/mol.